The Morgan fingerprint density at radius 3 is 1.64 bits per heavy atom. The molecule has 0 unspecified atom stereocenters. The quantitative estimate of drug-likeness (QED) is 0.169. The molecule has 0 aliphatic rings. The molecule has 5 nitrogen and oxygen atoms in total. The Hall–Kier alpha value is -7.86. The maximum atomic E-state index is 10.9. The summed E-state index contributed by atoms with van der Waals surface area (Å²) < 4.78 is 6.82. The minimum absolute atomic E-state index is 0.571. The third kappa shape index (κ3) is 4.33. The zero-order chi connectivity index (χ0) is 36.6. The zero-order valence-corrected chi connectivity index (χ0v) is 29.5. The largest absolute Gasteiger partial charge is 0.318 e. The van der Waals surface area contributed by atoms with Crippen LogP contribution in [0.2, 0.25) is 0 Å². The van der Waals surface area contributed by atoms with Crippen LogP contribution in [-0.2, 0) is 0 Å². The van der Waals surface area contributed by atoms with Crippen molar-refractivity contribution >= 4 is 71.1 Å². The van der Waals surface area contributed by atoms with Gasteiger partial charge >= 0.3 is 0 Å². The van der Waals surface area contributed by atoms with E-state index in [1.165, 1.54) is 10.8 Å². The molecular formula is C50H29N5. The van der Waals surface area contributed by atoms with E-state index in [9.17, 15) is 5.26 Å². The molecule has 11 rings (SSSR count). The predicted octanol–water partition coefficient (Wildman–Crippen LogP) is 13.1. The van der Waals surface area contributed by atoms with Crippen LogP contribution in [0.15, 0.2) is 176 Å². The van der Waals surface area contributed by atoms with E-state index in [1.54, 1.807) is 0 Å². The van der Waals surface area contributed by atoms with Crippen LogP contribution in [0.25, 0.3) is 98.5 Å². The summed E-state index contributed by atoms with van der Waals surface area (Å²) in [6.07, 6.45) is 0. The van der Waals surface area contributed by atoms with Crippen molar-refractivity contribution in [2.45, 2.75) is 0 Å². The minimum atomic E-state index is 0.571. The lowest BCUT2D eigenvalue weighted by Crippen LogP contribution is -2.00. The summed E-state index contributed by atoms with van der Waals surface area (Å²) in [5.74, 6) is 0. The molecule has 0 atom stereocenters. The molecule has 0 radical (unpaired) electrons. The lowest BCUT2D eigenvalue weighted by atomic mass is 10.00. The second-order valence-corrected chi connectivity index (χ2v) is 13.9. The van der Waals surface area contributed by atoms with Crippen molar-refractivity contribution in [3.63, 3.8) is 0 Å². The fourth-order valence-corrected chi connectivity index (χ4v) is 8.87. The lowest BCUT2D eigenvalue weighted by Gasteiger charge is -2.16. The number of nitriles is 1. The molecule has 8 aromatic carbocycles. The summed E-state index contributed by atoms with van der Waals surface area (Å²) in [6.45, 7) is 8.03. The van der Waals surface area contributed by atoms with Crippen molar-refractivity contribution < 1.29 is 0 Å². The van der Waals surface area contributed by atoms with E-state index in [4.69, 9.17) is 6.57 Å². The van der Waals surface area contributed by atoms with Gasteiger partial charge in [-0.15, -0.1) is 0 Å². The zero-order valence-electron chi connectivity index (χ0n) is 29.5. The monoisotopic (exact) mass is 699 g/mol. The molecule has 3 aromatic heterocycles. The van der Waals surface area contributed by atoms with E-state index < -0.39 is 0 Å². The van der Waals surface area contributed by atoms with E-state index in [-0.39, 0.29) is 0 Å². The van der Waals surface area contributed by atoms with Gasteiger partial charge in [-0.1, -0.05) is 121 Å². The SMILES string of the molecule is [C-]#[N+]c1cccc2c3ccccc3n(-c3ccccc3-c3ccc(-n4c5ccccc5c5c(-n6c7ccccc7c7ccccc76)cccc54)c(C#N)c3)c12. The van der Waals surface area contributed by atoms with Gasteiger partial charge in [-0.05, 0) is 65.5 Å². The van der Waals surface area contributed by atoms with E-state index in [2.05, 4.69) is 158 Å². The molecule has 254 valence electrons. The van der Waals surface area contributed by atoms with Gasteiger partial charge in [0.2, 0.25) is 5.69 Å². The van der Waals surface area contributed by atoms with Crippen molar-refractivity contribution in [2.75, 3.05) is 0 Å². The Morgan fingerprint density at radius 2 is 0.945 bits per heavy atom. The van der Waals surface area contributed by atoms with Crippen molar-refractivity contribution in [3.8, 4) is 34.3 Å². The topological polar surface area (TPSA) is 42.9 Å². The lowest BCUT2D eigenvalue weighted by molar-refractivity contribution is 1.16. The molecule has 0 spiro atoms. The molecule has 0 saturated heterocycles. The van der Waals surface area contributed by atoms with Crippen LogP contribution in [0.5, 0.6) is 0 Å². The average molecular weight is 700 g/mol. The molecule has 0 aliphatic heterocycles. The van der Waals surface area contributed by atoms with Gasteiger partial charge in [0.05, 0.1) is 62.3 Å². The Morgan fingerprint density at radius 1 is 0.436 bits per heavy atom. The van der Waals surface area contributed by atoms with Crippen LogP contribution < -0.4 is 0 Å². The highest BCUT2D eigenvalue weighted by atomic mass is 15.0. The van der Waals surface area contributed by atoms with Gasteiger partial charge in [0, 0.05) is 32.5 Å². The first-order chi connectivity index (χ1) is 27.2. The number of hydrogen-bond acceptors (Lipinski definition) is 1. The van der Waals surface area contributed by atoms with E-state index in [1.807, 2.05) is 42.5 Å². The van der Waals surface area contributed by atoms with Crippen LogP contribution in [0, 0.1) is 17.9 Å². The molecule has 0 fully saturated rings. The minimum Gasteiger partial charge on any atom is -0.318 e. The van der Waals surface area contributed by atoms with Crippen molar-refractivity contribution in [3.05, 3.63) is 193 Å². The smallest absolute Gasteiger partial charge is 0.211 e. The molecule has 0 bridgehead atoms. The maximum absolute atomic E-state index is 10.9. The molecule has 5 heteroatoms. The van der Waals surface area contributed by atoms with Crippen molar-refractivity contribution in [1.29, 1.82) is 5.26 Å². The van der Waals surface area contributed by atoms with Crippen LogP contribution in [0.3, 0.4) is 0 Å². The highest BCUT2D eigenvalue weighted by Crippen LogP contribution is 2.43. The van der Waals surface area contributed by atoms with E-state index >= 15 is 0 Å². The molecule has 0 amide bonds. The number of rotatable bonds is 4. The Labute approximate surface area is 316 Å². The van der Waals surface area contributed by atoms with Crippen LogP contribution >= 0.6 is 0 Å². The Kier molecular flexibility index (Phi) is 6.61. The molecule has 0 N–H and O–H groups in total. The normalized spacial score (nSPS) is 11.6. The van der Waals surface area contributed by atoms with E-state index in [0.717, 1.165) is 82.8 Å². The Bertz CT molecular complexity index is 3420. The second kappa shape index (κ2) is 11.8. The van der Waals surface area contributed by atoms with E-state index in [0.29, 0.717) is 11.3 Å². The van der Waals surface area contributed by atoms with Gasteiger partial charge in [0.25, 0.3) is 0 Å². The van der Waals surface area contributed by atoms with Gasteiger partial charge in [0.15, 0.2) is 0 Å². The average Bonchev–Trinajstić information content (AvgIpc) is 3.89. The number of aromatic nitrogens is 3. The van der Waals surface area contributed by atoms with Crippen molar-refractivity contribution in [2.24, 2.45) is 0 Å². The fourth-order valence-electron chi connectivity index (χ4n) is 8.87. The highest BCUT2D eigenvalue weighted by Gasteiger charge is 2.22. The fraction of sp³-hybridized carbons (Fsp3) is 0. The molecule has 0 aliphatic carbocycles. The summed E-state index contributed by atoms with van der Waals surface area (Å²) in [6, 6.07) is 63.5. The molecule has 11 aromatic rings. The van der Waals surface area contributed by atoms with Gasteiger partial charge < -0.3 is 13.7 Å². The number of hydrogen-bond donors (Lipinski definition) is 0. The highest BCUT2D eigenvalue weighted by molar-refractivity contribution is 6.17. The number of para-hydroxylation sites is 6. The van der Waals surface area contributed by atoms with Gasteiger partial charge in [0.1, 0.15) is 6.07 Å². The van der Waals surface area contributed by atoms with Gasteiger partial charge in [-0.3, -0.25) is 0 Å². The van der Waals surface area contributed by atoms with Crippen LogP contribution in [-0.4, -0.2) is 13.7 Å². The first-order valence-corrected chi connectivity index (χ1v) is 18.3. The summed E-state index contributed by atoms with van der Waals surface area (Å²) in [5.41, 5.74) is 12.2. The third-order valence-corrected chi connectivity index (χ3v) is 11.1. The standard InChI is InChI=1S/C50H29N5/c1-52-40-20-12-19-38-37-17-5-10-24-45(37)55(50(38)40)42-21-7-2-14-34(42)32-28-29-41(33(30-32)31-51)53-46-25-11-6-18-39(46)49-47(53)26-13-27-48(49)54-43-22-8-3-15-35(43)36-16-4-9-23-44(36)54/h2-30H. The predicted molar refractivity (Wildman–Crippen MR) is 226 cm³/mol. The third-order valence-electron chi connectivity index (χ3n) is 11.1. The number of nitrogens with zero attached hydrogens (tertiary/aromatic N) is 5. The van der Waals surface area contributed by atoms with Crippen molar-refractivity contribution in [1.82, 2.24) is 13.7 Å². The molecule has 55 heavy (non-hydrogen) atoms. The second-order valence-electron chi connectivity index (χ2n) is 13.9. The number of benzene rings is 8. The first kappa shape index (κ1) is 30.7. The summed E-state index contributed by atoms with van der Waals surface area (Å²) >= 11 is 0. The van der Waals surface area contributed by atoms with Gasteiger partial charge in [-0.25, -0.2) is 4.85 Å². The summed E-state index contributed by atoms with van der Waals surface area (Å²) in [5, 5.41) is 17.7. The molecule has 3 heterocycles. The Balaban J connectivity index is 1.15. The summed E-state index contributed by atoms with van der Waals surface area (Å²) in [7, 11) is 0. The van der Waals surface area contributed by atoms with Crippen LogP contribution in [0.4, 0.5) is 5.69 Å². The van der Waals surface area contributed by atoms with Gasteiger partial charge in [-0.2, -0.15) is 5.26 Å². The summed E-state index contributed by atoms with van der Waals surface area (Å²) in [4.78, 5) is 3.93. The maximum Gasteiger partial charge on any atom is 0.211 e. The van der Waals surface area contributed by atoms with Crippen LogP contribution in [0.1, 0.15) is 5.56 Å². The molecular weight excluding hydrogens is 671 g/mol. The molecule has 0 saturated carbocycles. The first-order valence-electron chi connectivity index (χ1n) is 18.3. The number of fused-ring (bicyclic) bond motifs is 9.